The fraction of sp³-hybridized carbons (Fsp3) is 0.312. The van der Waals surface area contributed by atoms with Crippen LogP contribution in [-0.2, 0) is 11.3 Å². The number of hydrogen-bond donors (Lipinski definition) is 2. The van der Waals surface area contributed by atoms with E-state index in [-0.39, 0.29) is 35.2 Å². The van der Waals surface area contributed by atoms with Crippen LogP contribution in [0, 0.1) is 15.9 Å². The zero-order chi connectivity index (χ0) is 18.8. The molecule has 0 spiro atoms. The number of nitrogen functional groups attached to an aromatic ring is 1. The van der Waals surface area contributed by atoms with Crippen molar-refractivity contribution in [3.05, 3.63) is 51.5 Å². The van der Waals surface area contributed by atoms with Crippen molar-refractivity contribution in [2.24, 2.45) is 0 Å². The highest BCUT2D eigenvalue weighted by Crippen LogP contribution is 2.30. The van der Waals surface area contributed by atoms with Crippen LogP contribution in [-0.4, -0.2) is 32.2 Å². The summed E-state index contributed by atoms with van der Waals surface area (Å²) in [7, 11) is 0. The number of nitrogens with one attached hydrogen (secondary N) is 1. The topological polar surface area (TPSA) is 127 Å². The van der Waals surface area contributed by atoms with Gasteiger partial charge in [0, 0.05) is 20.0 Å². The van der Waals surface area contributed by atoms with E-state index in [0.29, 0.717) is 25.1 Å². The van der Waals surface area contributed by atoms with Gasteiger partial charge in [-0.25, -0.2) is 9.37 Å². The van der Waals surface area contributed by atoms with Crippen LogP contribution < -0.4 is 11.1 Å². The Bertz CT molecular complexity index is 875. The summed E-state index contributed by atoms with van der Waals surface area (Å²) in [4.78, 5) is 31.4. The fourth-order valence-corrected chi connectivity index (χ4v) is 2.95. The highest BCUT2D eigenvalue weighted by molar-refractivity contribution is 5.73. The number of nitrogens with two attached hydrogens (primary N) is 1. The van der Waals surface area contributed by atoms with Crippen molar-refractivity contribution in [2.45, 2.75) is 25.9 Å². The fourth-order valence-electron chi connectivity index (χ4n) is 2.95. The van der Waals surface area contributed by atoms with Crippen molar-refractivity contribution < 1.29 is 14.1 Å². The summed E-state index contributed by atoms with van der Waals surface area (Å²) >= 11 is 0. The lowest BCUT2D eigenvalue weighted by Gasteiger charge is -2.19. The van der Waals surface area contributed by atoms with Crippen LogP contribution in [0.4, 0.5) is 21.8 Å². The molecular formula is C16H17FN6O3. The molecule has 1 amide bonds. The summed E-state index contributed by atoms with van der Waals surface area (Å²) in [6.07, 6.45) is 1.58. The van der Waals surface area contributed by atoms with Gasteiger partial charge in [-0.1, -0.05) is 6.07 Å². The molecule has 1 aliphatic rings. The van der Waals surface area contributed by atoms with E-state index < -0.39 is 4.92 Å². The predicted octanol–water partition coefficient (Wildman–Crippen LogP) is 2.01. The number of amides is 1. The quantitative estimate of drug-likeness (QED) is 0.633. The van der Waals surface area contributed by atoms with E-state index in [1.807, 2.05) is 0 Å². The first kappa shape index (κ1) is 17.5. The van der Waals surface area contributed by atoms with E-state index in [1.165, 1.54) is 19.1 Å². The highest BCUT2D eigenvalue weighted by Gasteiger charge is 2.25. The third-order valence-electron chi connectivity index (χ3n) is 4.27. The number of aromatic nitrogens is 2. The van der Waals surface area contributed by atoms with E-state index in [9.17, 15) is 19.3 Å². The minimum absolute atomic E-state index is 0.100. The SMILES string of the molecule is CC(=O)N1CCC(Nc2ncc([N+](=O)[O-])c(N)n2)c2ccc(F)cc2C1. The van der Waals surface area contributed by atoms with Crippen LogP contribution in [0.1, 0.15) is 30.5 Å². The van der Waals surface area contributed by atoms with Gasteiger partial charge in [0.05, 0.1) is 11.0 Å². The van der Waals surface area contributed by atoms with Crippen LogP contribution in [0.5, 0.6) is 0 Å². The molecule has 10 heteroatoms. The molecule has 2 aromatic rings. The van der Waals surface area contributed by atoms with Crippen LogP contribution in [0.15, 0.2) is 24.4 Å². The molecule has 1 atom stereocenters. The minimum atomic E-state index is -0.659. The molecule has 9 nitrogen and oxygen atoms in total. The van der Waals surface area contributed by atoms with E-state index in [0.717, 1.165) is 11.8 Å². The van der Waals surface area contributed by atoms with Gasteiger partial charge in [-0.2, -0.15) is 4.98 Å². The number of rotatable bonds is 3. The lowest BCUT2D eigenvalue weighted by molar-refractivity contribution is -0.384. The Hall–Kier alpha value is -3.30. The minimum Gasteiger partial charge on any atom is -0.378 e. The van der Waals surface area contributed by atoms with Crippen LogP contribution in [0.25, 0.3) is 0 Å². The van der Waals surface area contributed by atoms with Crippen molar-refractivity contribution in [3.63, 3.8) is 0 Å². The summed E-state index contributed by atoms with van der Waals surface area (Å²) in [5.74, 6) is -0.601. The Balaban J connectivity index is 1.92. The molecule has 0 bridgehead atoms. The van der Waals surface area contributed by atoms with Crippen LogP contribution in [0.3, 0.4) is 0 Å². The largest absolute Gasteiger partial charge is 0.378 e. The summed E-state index contributed by atoms with van der Waals surface area (Å²) in [6, 6.07) is 4.11. The Morgan fingerprint density at radius 1 is 1.50 bits per heavy atom. The van der Waals surface area contributed by atoms with Gasteiger partial charge in [-0.3, -0.25) is 14.9 Å². The first-order valence-electron chi connectivity index (χ1n) is 7.92. The Kier molecular flexibility index (Phi) is 4.65. The first-order chi connectivity index (χ1) is 12.3. The van der Waals surface area contributed by atoms with Crippen molar-refractivity contribution in [1.29, 1.82) is 0 Å². The molecule has 3 N–H and O–H groups in total. The zero-order valence-corrected chi connectivity index (χ0v) is 14.0. The average molecular weight is 360 g/mol. The van der Waals surface area contributed by atoms with Gasteiger partial charge in [-0.05, 0) is 29.7 Å². The molecule has 26 heavy (non-hydrogen) atoms. The molecule has 0 fully saturated rings. The number of halogens is 1. The molecular weight excluding hydrogens is 343 g/mol. The van der Waals surface area contributed by atoms with Crippen molar-refractivity contribution >= 4 is 23.4 Å². The molecule has 1 aromatic carbocycles. The van der Waals surface area contributed by atoms with Gasteiger partial charge >= 0.3 is 5.69 Å². The van der Waals surface area contributed by atoms with Gasteiger partial charge in [-0.15, -0.1) is 0 Å². The van der Waals surface area contributed by atoms with E-state index in [1.54, 1.807) is 11.0 Å². The standard InChI is InChI=1S/C16H17FN6O3/c1-9(24)22-5-4-13(12-3-2-11(17)6-10(12)8-22)20-16-19-7-14(23(25)26)15(18)21-16/h2-3,6-7,13H,4-5,8H2,1H3,(H3,18,19,20,21). The second kappa shape index (κ2) is 6.90. The maximum Gasteiger partial charge on any atom is 0.329 e. The number of carbonyl (C=O) groups excluding carboxylic acids is 1. The summed E-state index contributed by atoms with van der Waals surface area (Å²) in [6.45, 7) is 2.24. The Labute approximate surface area is 148 Å². The van der Waals surface area contributed by atoms with Crippen molar-refractivity contribution in [3.8, 4) is 0 Å². The normalized spacial score (nSPS) is 16.5. The number of nitrogens with zero attached hydrogens (tertiary/aromatic N) is 4. The Morgan fingerprint density at radius 3 is 2.92 bits per heavy atom. The van der Waals surface area contributed by atoms with Gasteiger partial charge < -0.3 is 16.0 Å². The molecule has 0 saturated carbocycles. The number of carbonyl (C=O) groups is 1. The number of fused-ring (bicyclic) bond motifs is 1. The summed E-state index contributed by atoms with van der Waals surface area (Å²) < 4.78 is 13.7. The molecule has 3 rings (SSSR count). The van der Waals surface area contributed by atoms with Crippen molar-refractivity contribution in [2.75, 3.05) is 17.6 Å². The lowest BCUT2D eigenvalue weighted by Crippen LogP contribution is -2.28. The van der Waals surface area contributed by atoms with Crippen LogP contribution >= 0.6 is 0 Å². The zero-order valence-electron chi connectivity index (χ0n) is 14.0. The molecule has 0 saturated heterocycles. The Morgan fingerprint density at radius 2 is 2.27 bits per heavy atom. The van der Waals surface area contributed by atoms with Gasteiger partial charge in [0.25, 0.3) is 0 Å². The third kappa shape index (κ3) is 3.53. The van der Waals surface area contributed by atoms with Gasteiger partial charge in [0.15, 0.2) is 0 Å². The van der Waals surface area contributed by atoms with Crippen molar-refractivity contribution in [1.82, 2.24) is 14.9 Å². The lowest BCUT2D eigenvalue weighted by atomic mass is 9.99. The van der Waals surface area contributed by atoms with E-state index in [4.69, 9.17) is 5.73 Å². The maximum absolute atomic E-state index is 13.7. The molecule has 1 aromatic heterocycles. The molecule has 1 unspecified atom stereocenters. The number of nitro groups is 1. The molecule has 0 aliphatic carbocycles. The third-order valence-corrected chi connectivity index (χ3v) is 4.27. The van der Waals surface area contributed by atoms with E-state index >= 15 is 0 Å². The van der Waals surface area contributed by atoms with E-state index in [2.05, 4.69) is 15.3 Å². The summed E-state index contributed by atoms with van der Waals surface area (Å²) in [5, 5.41) is 13.9. The van der Waals surface area contributed by atoms with Gasteiger partial charge in [0.1, 0.15) is 12.0 Å². The maximum atomic E-state index is 13.7. The van der Waals surface area contributed by atoms with Crippen LogP contribution in [0.2, 0.25) is 0 Å². The average Bonchev–Trinajstić information content (AvgIpc) is 2.74. The number of anilines is 2. The number of hydrogen-bond acceptors (Lipinski definition) is 7. The molecule has 1 aliphatic heterocycles. The summed E-state index contributed by atoms with van der Waals surface area (Å²) in [5.41, 5.74) is 6.73. The smallest absolute Gasteiger partial charge is 0.329 e. The molecule has 136 valence electrons. The van der Waals surface area contributed by atoms with Gasteiger partial charge in [0.2, 0.25) is 17.7 Å². The highest BCUT2D eigenvalue weighted by atomic mass is 19.1. The predicted molar refractivity (Wildman–Crippen MR) is 91.6 cm³/mol. The molecule has 2 heterocycles. The first-order valence-corrected chi connectivity index (χ1v) is 7.92. The molecule has 0 radical (unpaired) electrons. The second-order valence-electron chi connectivity index (χ2n) is 5.99. The number of benzene rings is 1. The monoisotopic (exact) mass is 360 g/mol. The second-order valence-corrected chi connectivity index (χ2v) is 5.99.